The lowest BCUT2D eigenvalue weighted by Gasteiger charge is -2.23. The smallest absolute Gasteiger partial charge is 0.305 e. The molecule has 0 aliphatic carbocycles. The molecule has 4 atom stereocenters. The van der Waals surface area contributed by atoms with Crippen LogP contribution in [0.5, 0.6) is 5.88 Å². The number of carbonyl (C=O) groups is 4. The van der Waals surface area contributed by atoms with Crippen molar-refractivity contribution < 1.29 is 42.9 Å². The van der Waals surface area contributed by atoms with E-state index in [9.17, 15) is 19.2 Å². The van der Waals surface area contributed by atoms with Crippen LogP contribution in [0.1, 0.15) is 39.5 Å². The van der Waals surface area contributed by atoms with Crippen LogP contribution in [0, 0.1) is 0 Å². The third kappa shape index (κ3) is 6.00. The number of ether oxygens (including phenoxy) is 5. The van der Waals surface area contributed by atoms with Crippen molar-refractivity contribution in [1.82, 2.24) is 24.5 Å². The fourth-order valence-corrected chi connectivity index (χ4v) is 3.74. The molecular formula is C23H24N6O9. The molecule has 4 rings (SSSR count). The highest BCUT2D eigenvalue weighted by molar-refractivity contribution is 5.88. The normalized spacial score (nSPS) is 20.5. The van der Waals surface area contributed by atoms with Crippen LogP contribution in [0.15, 0.2) is 30.9 Å². The van der Waals surface area contributed by atoms with E-state index in [4.69, 9.17) is 23.7 Å². The van der Waals surface area contributed by atoms with Crippen molar-refractivity contribution in [2.75, 3.05) is 5.32 Å². The van der Waals surface area contributed by atoms with Crippen molar-refractivity contribution in [3.8, 4) is 5.88 Å². The van der Waals surface area contributed by atoms with Gasteiger partial charge in [0, 0.05) is 40.1 Å². The van der Waals surface area contributed by atoms with Crippen molar-refractivity contribution >= 4 is 40.9 Å². The molecule has 0 aromatic carbocycles. The zero-order chi connectivity index (χ0) is 27.4. The number of pyridine rings is 1. The Morgan fingerprint density at radius 3 is 2.24 bits per heavy atom. The molecule has 0 spiro atoms. The first kappa shape index (κ1) is 26.4. The summed E-state index contributed by atoms with van der Waals surface area (Å²) in [5.41, 5.74) is 1.12. The highest BCUT2D eigenvalue weighted by atomic mass is 16.8. The van der Waals surface area contributed by atoms with E-state index in [2.05, 4.69) is 25.3 Å². The average molecular weight is 528 g/mol. The summed E-state index contributed by atoms with van der Waals surface area (Å²) in [7, 11) is 0. The second-order valence-corrected chi connectivity index (χ2v) is 8.15. The third-order valence-electron chi connectivity index (χ3n) is 5.11. The van der Waals surface area contributed by atoms with Gasteiger partial charge < -0.3 is 23.7 Å². The predicted octanol–water partition coefficient (Wildman–Crippen LogP) is 1.04. The molecule has 1 fully saturated rings. The molecule has 0 unspecified atom stereocenters. The maximum Gasteiger partial charge on any atom is 0.305 e. The van der Waals surface area contributed by atoms with E-state index in [1.54, 1.807) is 24.5 Å². The summed E-state index contributed by atoms with van der Waals surface area (Å²) in [5.74, 6) is -2.62. The quantitative estimate of drug-likeness (QED) is 0.323. The molecule has 3 aromatic heterocycles. The first-order valence-corrected chi connectivity index (χ1v) is 11.3. The SMILES string of the molecule is CC(=O)Nc1nc(OCc2ccncc2)c2ncn([C@@H]3O[C@H](OC(C)=O)[C@@H](OC(C)=O)[C@H]3OC(C)=O)c2n1. The first-order chi connectivity index (χ1) is 18.1. The summed E-state index contributed by atoms with van der Waals surface area (Å²) < 4.78 is 29.0. The Morgan fingerprint density at radius 1 is 0.947 bits per heavy atom. The summed E-state index contributed by atoms with van der Waals surface area (Å²) >= 11 is 0. The Labute approximate surface area is 215 Å². The Bertz CT molecular complexity index is 1360. The minimum absolute atomic E-state index is 0.0458. The Hall–Kier alpha value is -4.66. The van der Waals surface area contributed by atoms with Crippen molar-refractivity contribution in [2.24, 2.45) is 0 Å². The number of hydrogen-bond donors (Lipinski definition) is 1. The van der Waals surface area contributed by atoms with E-state index in [0.29, 0.717) is 0 Å². The number of fused-ring (bicyclic) bond motifs is 1. The average Bonchev–Trinajstić information content (AvgIpc) is 3.38. The van der Waals surface area contributed by atoms with Crippen LogP contribution >= 0.6 is 0 Å². The highest BCUT2D eigenvalue weighted by Gasteiger charge is 2.52. The first-order valence-electron chi connectivity index (χ1n) is 11.3. The topological polar surface area (TPSA) is 183 Å². The molecule has 200 valence electrons. The van der Waals surface area contributed by atoms with Gasteiger partial charge >= 0.3 is 17.9 Å². The van der Waals surface area contributed by atoms with Crippen molar-refractivity contribution in [3.05, 3.63) is 36.4 Å². The van der Waals surface area contributed by atoms with E-state index < -0.39 is 48.5 Å². The van der Waals surface area contributed by atoms with Gasteiger partial charge in [-0.1, -0.05) is 0 Å². The molecule has 38 heavy (non-hydrogen) atoms. The van der Waals surface area contributed by atoms with Gasteiger partial charge in [-0.15, -0.1) is 0 Å². The van der Waals surface area contributed by atoms with Gasteiger partial charge in [0.05, 0.1) is 6.33 Å². The molecule has 1 aliphatic rings. The Balaban J connectivity index is 1.77. The Kier molecular flexibility index (Phi) is 7.76. The molecule has 0 bridgehead atoms. The summed E-state index contributed by atoms with van der Waals surface area (Å²) in [6.07, 6.45) is -0.610. The van der Waals surface area contributed by atoms with Gasteiger partial charge in [-0.3, -0.25) is 34.0 Å². The summed E-state index contributed by atoms with van der Waals surface area (Å²) in [6, 6.07) is 3.51. The third-order valence-corrected chi connectivity index (χ3v) is 5.11. The van der Waals surface area contributed by atoms with Gasteiger partial charge in [0.1, 0.15) is 6.61 Å². The van der Waals surface area contributed by atoms with Gasteiger partial charge in [-0.25, -0.2) is 4.98 Å². The molecule has 1 amide bonds. The summed E-state index contributed by atoms with van der Waals surface area (Å²) in [6.45, 7) is 4.85. The molecule has 15 heteroatoms. The van der Waals surface area contributed by atoms with Crippen molar-refractivity contribution in [3.63, 3.8) is 0 Å². The number of aromatic nitrogens is 5. The summed E-state index contributed by atoms with van der Waals surface area (Å²) in [4.78, 5) is 64.1. The van der Waals surface area contributed by atoms with Gasteiger partial charge in [0.25, 0.3) is 0 Å². The molecule has 1 N–H and O–H groups in total. The number of nitrogens with zero attached hydrogens (tertiary/aromatic N) is 5. The van der Waals surface area contributed by atoms with E-state index in [0.717, 1.165) is 26.3 Å². The van der Waals surface area contributed by atoms with Gasteiger partial charge in [0.2, 0.25) is 30.1 Å². The number of nitrogens with one attached hydrogen (secondary N) is 1. The predicted molar refractivity (Wildman–Crippen MR) is 125 cm³/mol. The van der Waals surface area contributed by atoms with Crippen LogP contribution < -0.4 is 10.1 Å². The second-order valence-electron chi connectivity index (χ2n) is 8.15. The fraction of sp³-hybridized carbons (Fsp3) is 0.391. The Morgan fingerprint density at radius 2 is 1.61 bits per heavy atom. The molecule has 0 radical (unpaired) electrons. The standard InChI is InChI=1S/C23H24N6O9/c1-11(30)26-23-27-19-16(20(28-23)34-9-15-5-7-24-8-6-15)25-10-29(19)21-17(35-12(2)31)18(36-13(3)32)22(38-21)37-14(4)33/h5-8,10,17-18,21-22H,9H2,1-4H3,(H,26,27,28,30)/t17-,18+,21-,22+/m1/s1. The zero-order valence-corrected chi connectivity index (χ0v) is 20.8. The minimum atomic E-state index is -1.40. The number of anilines is 1. The van der Waals surface area contributed by atoms with Crippen LogP contribution in [0.4, 0.5) is 5.95 Å². The molecule has 4 heterocycles. The molecule has 1 aliphatic heterocycles. The second kappa shape index (κ2) is 11.2. The highest BCUT2D eigenvalue weighted by Crippen LogP contribution is 2.37. The number of amides is 1. The number of carbonyl (C=O) groups excluding carboxylic acids is 4. The van der Waals surface area contributed by atoms with Crippen molar-refractivity contribution in [1.29, 1.82) is 0 Å². The van der Waals surface area contributed by atoms with Crippen molar-refractivity contribution in [2.45, 2.75) is 59.0 Å². The van der Waals surface area contributed by atoms with E-state index in [1.807, 2.05) is 0 Å². The lowest BCUT2D eigenvalue weighted by atomic mass is 10.2. The maximum absolute atomic E-state index is 11.9. The van der Waals surface area contributed by atoms with Crippen LogP contribution in [-0.4, -0.2) is 66.8 Å². The maximum atomic E-state index is 11.9. The number of rotatable bonds is 8. The van der Waals surface area contributed by atoms with Gasteiger partial charge in [0.15, 0.2) is 23.5 Å². The molecule has 3 aromatic rings. The lowest BCUT2D eigenvalue weighted by molar-refractivity contribution is -0.198. The van der Waals surface area contributed by atoms with Gasteiger partial charge in [-0.05, 0) is 17.7 Å². The zero-order valence-electron chi connectivity index (χ0n) is 20.8. The number of esters is 3. The van der Waals surface area contributed by atoms with E-state index in [-0.39, 0.29) is 29.6 Å². The fourth-order valence-electron chi connectivity index (χ4n) is 3.74. The van der Waals surface area contributed by atoms with E-state index in [1.165, 1.54) is 17.8 Å². The monoisotopic (exact) mass is 528 g/mol. The minimum Gasteiger partial charge on any atom is -0.471 e. The van der Waals surface area contributed by atoms with Crippen LogP contribution in [-0.2, 0) is 44.7 Å². The van der Waals surface area contributed by atoms with Crippen LogP contribution in [0.3, 0.4) is 0 Å². The molecule has 15 nitrogen and oxygen atoms in total. The molecule has 1 saturated heterocycles. The molecular weight excluding hydrogens is 504 g/mol. The lowest BCUT2D eigenvalue weighted by Crippen LogP contribution is -2.40. The summed E-state index contributed by atoms with van der Waals surface area (Å²) in [5, 5.41) is 2.50. The van der Waals surface area contributed by atoms with Crippen LogP contribution in [0.2, 0.25) is 0 Å². The van der Waals surface area contributed by atoms with Crippen LogP contribution in [0.25, 0.3) is 11.2 Å². The number of imidazole rings is 1. The van der Waals surface area contributed by atoms with E-state index >= 15 is 0 Å². The molecule has 0 saturated carbocycles. The largest absolute Gasteiger partial charge is 0.471 e. The number of hydrogen-bond acceptors (Lipinski definition) is 13. The van der Waals surface area contributed by atoms with Gasteiger partial charge in [-0.2, -0.15) is 9.97 Å².